The van der Waals surface area contributed by atoms with E-state index in [1.165, 1.54) is 4.68 Å². The highest BCUT2D eigenvalue weighted by Gasteiger charge is 2.29. The van der Waals surface area contributed by atoms with Gasteiger partial charge in [0, 0.05) is 6.42 Å². The van der Waals surface area contributed by atoms with E-state index in [1.807, 2.05) is 13.0 Å². The van der Waals surface area contributed by atoms with Crippen LogP contribution in [0.2, 0.25) is 0 Å². The lowest BCUT2D eigenvalue weighted by Crippen LogP contribution is -2.25. The van der Waals surface area contributed by atoms with Gasteiger partial charge in [0.15, 0.2) is 11.8 Å². The number of carbonyl (C=O) groups is 1. The summed E-state index contributed by atoms with van der Waals surface area (Å²) >= 11 is 0. The Labute approximate surface area is 103 Å². The first-order chi connectivity index (χ1) is 8.65. The average molecular weight is 247 g/mol. The van der Waals surface area contributed by atoms with Crippen LogP contribution in [-0.4, -0.2) is 25.8 Å². The lowest BCUT2D eigenvalue weighted by atomic mass is 10.1. The molecule has 0 saturated carbocycles. The first-order valence-electron chi connectivity index (χ1n) is 5.90. The van der Waals surface area contributed by atoms with Crippen LogP contribution in [0.1, 0.15) is 30.5 Å². The van der Waals surface area contributed by atoms with Crippen LogP contribution in [0.15, 0.2) is 16.5 Å². The summed E-state index contributed by atoms with van der Waals surface area (Å²) in [5.41, 5.74) is 0. The molecule has 1 aliphatic rings. The molecular weight excluding hydrogens is 234 g/mol. The summed E-state index contributed by atoms with van der Waals surface area (Å²) in [4.78, 5) is 15.5. The molecule has 94 valence electrons. The Hall–Kier alpha value is -2.11. The molecule has 1 unspecified atom stereocenters. The Morgan fingerprint density at radius 2 is 2.39 bits per heavy atom. The van der Waals surface area contributed by atoms with Crippen LogP contribution in [0, 0.1) is 6.92 Å². The first kappa shape index (κ1) is 11.0. The van der Waals surface area contributed by atoms with Gasteiger partial charge in [0.1, 0.15) is 11.6 Å². The third-order valence-corrected chi connectivity index (χ3v) is 3.12. The van der Waals surface area contributed by atoms with Crippen molar-refractivity contribution in [2.45, 2.75) is 32.2 Å². The lowest BCUT2D eigenvalue weighted by Gasteiger charge is -2.19. The molecule has 0 saturated heterocycles. The number of hydrogen-bond acceptors (Lipinski definition) is 4. The predicted molar refractivity (Wildman–Crippen MR) is 62.1 cm³/mol. The van der Waals surface area contributed by atoms with E-state index in [1.54, 1.807) is 6.07 Å². The molecule has 0 amide bonds. The normalized spacial score (nSPS) is 18.6. The molecule has 3 heterocycles. The number of aryl methyl sites for hydroxylation is 2. The Balaban J connectivity index is 2.03. The van der Waals surface area contributed by atoms with Gasteiger partial charge in [-0.1, -0.05) is 0 Å². The topological polar surface area (TPSA) is 81.2 Å². The minimum Gasteiger partial charge on any atom is -0.480 e. The first-order valence-corrected chi connectivity index (χ1v) is 5.90. The van der Waals surface area contributed by atoms with Gasteiger partial charge in [-0.2, -0.15) is 0 Å². The van der Waals surface area contributed by atoms with E-state index in [4.69, 9.17) is 9.52 Å². The maximum absolute atomic E-state index is 11.2. The maximum atomic E-state index is 11.2. The van der Waals surface area contributed by atoms with Crippen LogP contribution < -0.4 is 0 Å². The van der Waals surface area contributed by atoms with Crippen molar-refractivity contribution in [2.75, 3.05) is 0 Å². The van der Waals surface area contributed by atoms with Crippen LogP contribution in [0.3, 0.4) is 0 Å². The van der Waals surface area contributed by atoms with E-state index in [2.05, 4.69) is 10.1 Å². The number of hydrogen-bond donors (Lipinski definition) is 1. The van der Waals surface area contributed by atoms with Crippen molar-refractivity contribution < 1.29 is 14.3 Å². The molecule has 1 aliphatic heterocycles. The van der Waals surface area contributed by atoms with Crippen LogP contribution in [0.25, 0.3) is 11.6 Å². The van der Waals surface area contributed by atoms with Gasteiger partial charge in [0.05, 0.1) is 0 Å². The van der Waals surface area contributed by atoms with Crippen molar-refractivity contribution >= 4 is 5.97 Å². The van der Waals surface area contributed by atoms with Crippen molar-refractivity contribution in [3.8, 4) is 11.6 Å². The van der Waals surface area contributed by atoms with Gasteiger partial charge in [-0.15, -0.1) is 5.10 Å². The molecule has 1 N–H and O–H groups in total. The van der Waals surface area contributed by atoms with Crippen LogP contribution >= 0.6 is 0 Å². The second-order valence-corrected chi connectivity index (χ2v) is 4.45. The van der Waals surface area contributed by atoms with Gasteiger partial charge < -0.3 is 9.52 Å². The van der Waals surface area contributed by atoms with Crippen LogP contribution in [0.4, 0.5) is 0 Å². The molecule has 6 nitrogen and oxygen atoms in total. The fraction of sp³-hybridized carbons (Fsp3) is 0.417. The number of carboxylic acids is 1. The van der Waals surface area contributed by atoms with Crippen LogP contribution in [0.5, 0.6) is 0 Å². The van der Waals surface area contributed by atoms with Gasteiger partial charge >= 0.3 is 5.97 Å². The van der Waals surface area contributed by atoms with Crippen LogP contribution in [-0.2, 0) is 11.2 Å². The molecule has 18 heavy (non-hydrogen) atoms. The number of fused-ring (bicyclic) bond motifs is 1. The highest BCUT2D eigenvalue weighted by molar-refractivity contribution is 5.72. The van der Waals surface area contributed by atoms with Crippen molar-refractivity contribution in [3.63, 3.8) is 0 Å². The summed E-state index contributed by atoms with van der Waals surface area (Å²) in [7, 11) is 0. The van der Waals surface area contributed by atoms with Gasteiger partial charge in [-0.3, -0.25) is 0 Å². The number of carboxylic acid groups (broad SMARTS) is 1. The van der Waals surface area contributed by atoms with Crippen molar-refractivity contribution in [3.05, 3.63) is 23.7 Å². The molecule has 3 rings (SSSR count). The zero-order valence-corrected chi connectivity index (χ0v) is 9.96. The monoisotopic (exact) mass is 247 g/mol. The van der Waals surface area contributed by atoms with E-state index in [0.717, 1.165) is 24.4 Å². The molecule has 1 atom stereocenters. The Morgan fingerprint density at radius 3 is 3.06 bits per heavy atom. The zero-order valence-electron chi connectivity index (χ0n) is 9.96. The number of aromatic nitrogens is 3. The SMILES string of the molecule is Cc1ccc(-c2nc3n(n2)C(C(=O)O)CCC3)o1. The predicted octanol–water partition coefficient (Wildman–Crippen LogP) is 1.81. The molecule has 2 aromatic rings. The van der Waals surface area contributed by atoms with Crippen molar-refractivity contribution in [1.29, 1.82) is 0 Å². The minimum absolute atomic E-state index is 0.464. The third kappa shape index (κ3) is 1.70. The summed E-state index contributed by atoms with van der Waals surface area (Å²) in [5.74, 6) is 1.69. The summed E-state index contributed by atoms with van der Waals surface area (Å²) < 4.78 is 6.97. The Morgan fingerprint density at radius 1 is 1.56 bits per heavy atom. The van der Waals surface area contributed by atoms with Gasteiger partial charge in [-0.25, -0.2) is 14.5 Å². The quantitative estimate of drug-likeness (QED) is 0.875. The fourth-order valence-electron chi connectivity index (χ4n) is 2.24. The van der Waals surface area contributed by atoms with Crippen molar-refractivity contribution in [2.24, 2.45) is 0 Å². The highest BCUT2D eigenvalue weighted by Crippen LogP contribution is 2.26. The summed E-state index contributed by atoms with van der Waals surface area (Å²) in [6, 6.07) is 3.03. The molecule has 0 radical (unpaired) electrons. The molecule has 0 aliphatic carbocycles. The van der Waals surface area contributed by atoms with E-state index in [-0.39, 0.29) is 0 Å². The van der Waals surface area contributed by atoms with Gasteiger partial charge in [0.25, 0.3) is 0 Å². The van der Waals surface area contributed by atoms with E-state index < -0.39 is 12.0 Å². The Kier molecular flexibility index (Phi) is 2.43. The smallest absolute Gasteiger partial charge is 0.328 e. The minimum atomic E-state index is -0.858. The third-order valence-electron chi connectivity index (χ3n) is 3.12. The van der Waals surface area contributed by atoms with E-state index >= 15 is 0 Å². The highest BCUT2D eigenvalue weighted by atomic mass is 16.4. The molecule has 0 spiro atoms. The molecule has 2 aromatic heterocycles. The number of aliphatic carboxylic acids is 1. The standard InChI is InChI=1S/C12H13N3O3/c1-7-5-6-9(18-7)11-13-10-4-2-3-8(12(16)17)15(10)14-11/h5-6,8H,2-4H2,1H3,(H,16,17). The number of furan rings is 1. The summed E-state index contributed by atoms with van der Waals surface area (Å²) in [6.07, 6.45) is 2.19. The molecular formula is C12H13N3O3. The second kappa shape index (κ2) is 3.97. The number of rotatable bonds is 2. The zero-order chi connectivity index (χ0) is 12.7. The van der Waals surface area contributed by atoms with E-state index in [9.17, 15) is 4.79 Å². The molecule has 0 aromatic carbocycles. The summed E-state index contributed by atoms with van der Waals surface area (Å²) in [5, 5.41) is 13.4. The molecule has 0 fully saturated rings. The maximum Gasteiger partial charge on any atom is 0.328 e. The molecule has 6 heteroatoms. The van der Waals surface area contributed by atoms with E-state index in [0.29, 0.717) is 18.0 Å². The average Bonchev–Trinajstić information content (AvgIpc) is 2.93. The van der Waals surface area contributed by atoms with Gasteiger partial charge in [-0.05, 0) is 31.9 Å². The number of nitrogens with zero attached hydrogens (tertiary/aromatic N) is 3. The molecule has 0 bridgehead atoms. The summed E-state index contributed by atoms with van der Waals surface area (Å²) in [6.45, 7) is 1.85. The fourth-order valence-corrected chi connectivity index (χ4v) is 2.24. The Bertz CT molecular complexity index is 599. The lowest BCUT2D eigenvalue weighted by molar-refractivity contribution is -0.141. The second-order valence-electron chi connectivity index (χ2n) is 4.45. The largest absolute Gasteiger partial charge is 0.480 e. The van der Waals surface area contributed by atoms with Gasteiger partial charge in [0.2, 0.25) is 5.82 Å². The van der Waals surface area contributed by atoms with Crippen molar-refractivity contribution in [1.82, 2.24) is 14.8 Å².